The number of nitrogens with zero attached hydrogens (tertiary/aromatic N) is 1. The van der Waals surface area contributed by atoms with Crippen LogP contribution in [0.1, 0.15) is 245 Å². The summed E-state index contributed by atoms with van der Waals surface area (Å²) in [5.74, 6) is -0.197. The summed E-state index contributed by atoms with van der Waals surface area (Å²) < 4.78 is 23.2. The quantitative estimate of drug-likeness (QED) is 0.0273. The Labute approximate surface area is 385 Å². The molecular formula is C53H103N2O6P. The third kappa shape index (κ3) is 46.7. The number of amides is 1. The number of phosphoric ester groups is 1. The second-order valence-electron chi connectivity index (χ2n) is 19.2. The number of rotatable bonds is 48. The predicted octanol–water partition coefficient (Wildman–Crippen LogP) is 14.8. The monoisotopic (exact) mass is 895 g/mol. The zero-order chi connectivity index (χ0) is 45.7. The molecule has 0 radical (unpaired) electrons. The van der Waals surface area contributed by atoms with Gasteiger partial charge in [-0.2, -0.15) is 0 Å². The molecule has 8 nitrogen and oxygen atoms in total. The highest BCUT2D eigenvalue weighted by atomic mass is 31.2. The lowest BCUT2D eigenvalue weighted by molar-refractivity contribution is -0.870. The maximum absolute atomic E-state index is 12.9. The minimum Gasteiger partial charge on any atom is -0.756 e. The Morgan fingerprint density at radius 1 is 0.565 bits per heavy atom. The molecule has 3 unspecified atom stereocenters. The van der Waals surface area contributed by atoms with Crippen LogP contribution in [-0.2, 0) is 18.4 Å². The maximum Gasteiger partial charge on any atom is 0.268 e. The molecule has 2 N–H and O–H groups in total. The van der Waals surface area contributed by atoms with E-state index in [0.29, 0.717) is 17.4 Å². The Bertz CT molecular complexity index is 1110. The van der Waals surface area contributed by atoms with E-state index in [2.05, 4.69) is 43.5 Å². The van der Waals surface area contributed by atoms with Crippen LogP contribution in [0.4, 0.5) is 0 Å². The van der Waals surface area contributed by atoms with Crippen LogP contribution in [-0.4, -0.2) is 68.5 Å². The van der Waals surface area contributed by atoms with Gasteiger partial charge in [-0.05, 0) is 51.4 Å². The first kappa shape index (κ1) is 60.7. The third-order valence-corrected chi connectivity index (χ3v) is 12.8. The Hall–Kier alpha value is -1.28. The molecule has 0 aromatic carbocycles. The van der Waals surface area contributed by atoms with Crippen molar-refractivity contribution < 1.29 is 32.9 Å². The number of likely N-dealkylation sites (N-methyl/N-ethyl adjacent to an activating group) is 1. The van der Waals surface area contributed by atoms with Gasteiger partial charge in [-0.1, -0.05) is 224 Å². The average Bonchev–Trinajstić information content (AvgIpc) is 3.23. The summed E-state index contributed by atoms with van der Waals surface area (Å²) in [5, 5.41) is 13.8. The molecule has 62 heavy (non-hydrogen) atoms. The number of phosphoric acid groups is 1. The van der Waals surface area contributed by atoms with E-state index in [-0.39, 0.29) is 19.1 Å². The van der Waals surface area contributed by atoms with Crippen molar-refractivity contribution in [2.45, 2.75) is 257 Å². The predicted molar refractivity (Wildman–Crippen MR) is 265 cm³/mol. The van der Waals surface area contributed by atoms with Gasteiger partial charge in [0.2, 0.25) is 5.91 Å². The zero-order valence-corrected chi connectivity index (χ0v) is 42.5. The SMILES string of the molecule is CCCCCCC/C=C\C/C=C\CCCCCCCCCCCCCCCCCCCC(=O)NC(COP(=O)([O-])OCC[N+](C)(C)C)C(O)/C=C/CCCCCCCCCCC. The number of aliphatic hydroxyl groups is 1. The van der Waals surface area contributed by atoms with E-state index in [9.17, 15) is 19.4 Å². The number of aliphatic hydroxyl groups excluding tert-OH is 1. The van der Waals surface area contributed by atoms with Crippen LogP contribution in [0, 0.1) is 0 Å². The van der Waals surface area contributed by atoms with Gasteiger partial charge in [0.05, 0.1) is 39.9 Å². The second-order valence-corrected chi connectivity index (χ2v) is 20.6. The van der Waals surface area contributed by atoms with Crippen LogP contribution < -0.4 is 10.2 Å². The molecule has 0 bridgehead atoms. The average molecular weight is 895 g/mol. The molecule has 0 aliphatic heterocycles. The van der Waals surface area contributed by atoms with E-state index >= 15 is 0 Å². The minimum absolute atomic E-state index is 0.0000895. The number of carbonyl (C=O) groups is 1. The van der Waals surface area contributed by atoms with Gasteiger partial charge in [-0.25, -0.2) is 0 Å². The van der Waals surface area contributed by atoms with Gasteiger partial charge in [-0.15, -0.1) is 0 Å². The second kappa shape index (κ2) is 44.9. The van der Waals surface area contributed by atoms with Gasteiger partial charge in [-0.3, -0.25) is 9.36 Å². The van der Waals surface area contributed by atoms with Crippen molar-refractivity contribution in [3.05, 3.63) is 36.5 Å². The first-order chi connectivity index (χ1) is 30.0. The maximum atomic E-state index is 12.9. The normalized spacial score (nSPS) is 14.4. The number of quaternary nitrogens is 1. The standard InChI is InChI=1S/C53H103N2O6P/c1-6-8-10-12-14-16-18-19-20-21-22-23-24-25-26-27-28-29-30-31-32-33-34-35-37-39-41-43-45-47-53(57)54-51(50-61-62(58,59)60-49-48-55(3,4)5)52(56)46-44-42-40-38-36-17-15-13-11-9-7-2/h18-19,21-22,44,46,51-52,56H,6-17,20,23-43,45,47-50H2,1-5H3,(H-,54,57,58,59)/b19-18-,22-21-,46-44+. The van der Waals surface area contributed by atoms with E-state index < -0.39 is 20.0 Å². The summed E-state index contributed by atoms with van der Waals surface area (Å²) in [6.45, 7) is 4.63. The summed E-state index contributed by atoms with van der Waals surface area (Å²) in [4.78, 5) is 25.4. The number of nitrogens with one attached hydrogen (secondary N) is 1. The van der Waals surface area contributed by atoms with Gasteiger partial charge in [0, 0.05) is 6.42 Å². The lowest BCUT2D eigenvalue weighted by atomic mass is 10.0. The molecule has 0 aliphatic rings. The van der Waals surface area contributed by atoms with E-state index in [1.54, 1.807) is 6.08 Å². The summed E-state index contributed by atoms with van der Waals surface area (Å²) in [6, 6.07) is -0.883. The molecule has 0 saturated carbocycles. The molecular weight excluding hydrogens is 792 g/mol. The van der Waals surface area contributed by atoms with E-state index in [1.165, 1.54) is 180 Å². The van der Waals surface area contributed by atoms with Crippen LogP contribution >= 0.6 is 7.82 Å². The van der Waals surface area contributed by atoms with Gasteiger partial charge < -0.3 is 28.8 Å². The lowest BCUT2D eigenvalue weighted by Crippen LogP contribution is -2.45. The van der Waals surface area contributed by atoms with Crippen molar-refractivity contribution in [3.8, 4) is 0 Å². The number of unbranched alkanes of at least 4 members (excludes halogenated alkanes) is 31. The molecule has 0 saturated heterocycles. The summed E-state index contributed by atoms with van der Waals surface area (Å²) in [6.07, 6.45) is 56.5. The van der Waals surface area contributed by atoms with E-state index in [0.717, 1.165) is 44.9 Å². The Morgan fingerprint density at radius 3 is 1.34 bits per heavy atom. The van der Waals surface area contributed by atoms with Crippen molar-refractivity contribution in [2.24, 2.45) is 0 Å². The first-order valence-electron chi connectivity index (χ1n) is 26.4. The Balaban J connectivity index is 4.06. The Kier molecular flexibility index (Phi) is 44.0. The highest BCUT2D eigenvalue weighted by molar-refractivity contribution is 7.45. The fourth-order valence-corrected chi connectivity index (χ4v) is 8.38. The molecule has 0 spiro atoms. The topological polar surface area (TPSA) is 108 Å². The van der Waals surface area contributed by atoms with Crippen molar-refractivity contribution in [2.75, 3.05) is 40.9 Å². The smallest absolute Gasteiger partial charge is 0.268 e. The van der Waals surface area contributed by atoms with E-state index in [4.69, 9.17) is 9.05 Å². The molecule has 0 fully saturated rings. The summed E-state index contributed by atoms with van der Waals surface area (Å²) in [7, 11) is 1.27. The van der Waals surface area contributed by atoms with Crippen molar-refractivity contribution in [3.63, 3.8) is 0 Å². The molecule has 0 heterocycles. The zero-order valence-electron chi connectivity index (χ0n) is 41.6. The van der Waals surface area contributed by atoms with Crippen LogP contribution in [0.3, 0.4) is 0 Å². The van der Waals surface area contributed by atoms with Crippen molar-refractivity contribution in [1.29, 1.82) is 0 Å². The minimum atomic E-state index is -4.59. The molecule has 0 aromatic heterocycles. The summed E-state index contributed by atoms with van der Waals surface area (Å²) >= 11 is 0. The van der Waals surface area contributed by atoms with Crippen LogP contribution in [0.25, 0.3) is 0 Å². The first-order valence-corrected chi connectivity index (χ1v) is 27.8. The van der Waals surface area contributed by atoms with Crippen molar-refractivity contribution in [1.82, 2.24) is 5.32 Å². The number of hydrogen-bond donors (Lipinski definition) is 2. The van der Waals surface area contributed by atoms with Gasteiger partial charge >= 0.3 is 0 Å². The third-order valence-electron chi connectivity index (χ3n) is 11.8. The number of allylic oxidation sites excluding steroid dienone is 5. The van der Waals surface area contributed by atoms with E-state index in [1.807, 2.05) is 27.2 Å². The summed E-state index contributed by atoms with van der Waals surface area (Å²) in [5.41, 5.74) is 0. The van der Waals surface area contributed by atoms with Gasteiger partial charge in [0.15, 0.2) is 0 Å². The van der Waals surface area contributed by atoms with Crippen LogP contribution in [0.5, 0.6) is 0 Å². The highest BCUT2D eigenvalue weighted by Gasteiger charge is 2.23. The van der Waals surface area contributed by atoms with Crippen LogP contribution in [0.15, 0.2) is 36.5 Å². The Morgan fingerprint density at radius 2 is 0.935 bits per heavy atom. The molecule has 3 atom stereocenters. The molecule has 366 valence electrons. The molecule has 0 aromatic rings. The fourth-order valence-electron chi connectivity index (χ4n) is 7.65. The van der Waals surface area contributed by atoms with Crippen LogP contribution in [0.2, 0.25) is 0 Å². The number of carbonyl (C=O) groups excluding carboxylic acids is 1. The number of hydrogen-bond acceptors (Lipinski definition) is 6. The fraction of sp³-hybridized carbons (Fsp3) is 0.868. The molecule has 1 amide bonds. The molecule has 0 aliphatic carbocycles. The largest absolute Gasteiger partial charge is 0.756 e. The van der Waals surface area contributed by atoms with Gasteiger partial charge in [0.1, 0.15) is 13.2 Å². The van der Waals surface area contributed by atoms with Gasteiger partial charge in [0.25, 0.3) is 7.82 Å². The van der Waals surface area contributed by atoms with Crippen molar-refractivity contribution >= 4 is 13.7 Å². The highest BCUT2D eigenvalue weighted by Crippen LogP contribution is 2.38. The molecule has 9 heteroatoms. The lowest BCUT2D eigenvalue weighted by Gasteiger charge is -2.29. The molecule has 0 rings (SSSR count).